The summed E-state index contributed by atoms with van der Waals surface area (Å²) in [6.07, 6.45) is 5.64. The molecule has 1 aliphatic carbocycles. The normalized spacial score (nSPS) is 21.3. The monoisotopic (exact) mass is 146 g/mol. The van der Waals surface area contributed by atoms with Gasteiger partial charge in [0.05, 0.1) is 5.69 Å². The van der Waals surface area contributed by atoms with Crippen molar-refractivity contribution in [1.29, 1.82) is 0 Å². The fourth-order valence-electron chi connectivity index (χ4n) is 1.41. The van der Waals surface area contributed by atoms with Crippen LogP contribution in [0.5, 0.6) is 0 Å². The summed E-state index contributed by atoms with van der Waals surface area (Å²) in [6, 6.07) is 0. The van der Waals surface area contributed by atoms with Crippen LogP contribution >= 0.6 is 0 Å². The van der Waals surface area contributed by atoms with Crippen LogP contribution in [0.1, 0.15) is 31.0 Å². The van der Waals surface area contributed by atoms with Gasteiger partial charge in [-0.15, -0.1) is 0 Å². The molecule has 0 aromatic carbocycles. The van der Waals surface area contributed by atoms with Gasteiger partial charge in [-0.1, -0.05) is 18.6 Å². The lowest BCUT2D eigenvalue weighted by Crippen LogP contribution is -1.94. The molecular formula is C9H10N2. The third-order valence-corrected chi connectivity index (χ3v) is 2.25. The van der Waals surface area contributed by atoms with Crippen LogP contribution in [-0.2, 0) is 0 Å². The molecule has 2 rings (SSSR count). The molecule has 0 saturated carbocycles. The second kappa shape index (κ2) is 2.16. The molecule has 1 atom stereocenters. The fourth-order valence-corrected chi connectivity index (χ4v) is 1.41. The van der Waals surface area contributed by atoms with Crippen molar-refractivity contribution in [3.05, 3.63) is 29.4 Å². The Labute approximate surface area is 66.0 Å². The van der Waals surface area contributed by atoms with Crippen LogP contribution in [0.3, 0.4) is 0 Å². The molecule has 1 aromatic heterocycles. The molecule has 0 fully saturated rings. The van der Waals surface area contributed by atoms with Gasteiger partial charge in [0.2, 0.25) is 0 Å². The summed E-state index contributed by atoms with van der Waals surface area (Å²) in [5, 5.41) is 0. The number of rotatable bonds is 0. The smallest absolute Gasteiger partial charge is 0.115 e. The predicted octanol–water partition coefficient (Wildman–Crippen LogP) is 2.00. The van der Waals surface area contributed by atoms with Crippen molar-refractivity contribution in [3.63, 3.8) is 0 Å². The van der Waals surface area contributed by atoms with Gasteiger partial charge >= 0.3 is 0 Å². The maximum atomic E-state index is 4.23. The van der Waals surface area contributed by atoms with Crippen molar-refractivity contribution in [2.45, 2.75) is 19.8 Å². The third kappa shape index (κ3) is 0.862. The minimum absolute atomic E-state index is 0.480. The van der Waals surface area contributed by atoms with E-state index in [9.17, 15) is 0 Å². The highest BCUT2D eigenvalue weighted by atomic mass is 14.8. The molecule has 1 aliphatic rings. The van der Waals surface area contributed by atoms with E-state index in [-0.39, 0.29) is 0 Å². The van der Waals surface area contributed by atoms with Crippen molar-refractivity contribution >= 4 is 6.08 Å². The molecule has 11 heavy (non-hydrogen) atoms. The fraction of sp³-hybridized carbons (Fsp3) is 0.333. The van der Waals surface area contributed by atoms with E-state index >= 15 is 0 Å². The van der Waals surface area contributed by atoms with Crippen molar-refractivity contribution < 1.29 is 0 Å². The van der Waals surface area contributed by atoms with E-state index in [0.29, 0.717) is 5.92 Å². The largest absolute Gasteiger partial charge is 0.244 e. The summed E-state index contributed by atoms with van der Waals surface area (Å²) >= 11 is 0. The second-order valence-corrected chi connectivity index (χ2v) is 2.97. The SMILES string of the molecule is CC1=Cc2cncnc2C1C. The van der Waals surface area contributed by atoms with E-state index in [1.165, 1.54) is 11.1 Å². The number of hydrogen-bond donors (Lipinski definition) is 0. The van der Waals surface area contributed by atoms with E-state index in [0.717, 1.165) is 5.69 Å². The van der Waals surface area contributed by atoms with Gasteiger partial charge in [-0.2, -0.15) is 0 Å². The molecule has 1 unspecified atom stereocenters. The third-order valence-electron chi connectivity index (χ3n) is 2.25. The Bertz CT molecular complexity index is 315. The van der Waals surface area contributed by atoms with Crippen LogP contribution in [0.4, 0.5) is 0 Å². The van der Waals surface area contributed by atoms with E-state index in [4.69, 9.17) is 0 Å². The maximum absolute atomic E-state index is 4.23. The summed E-state index contributed by atoms with van der Waals surface area (Å²) in [7, 11) is 0. The number of nitrogens with zero attached hydrogens (tertiary/aromatic N) is 2. The highest BCUT2D eigenvalue weighted by Crippen LogP contribution is 2.32. The van der Waals surface area contributed by atoms with Gasteiger partial charge in [0, 0.05) is 17.7 Å². The first kappa shape index (κ1) is 6.53. The summed E-state index contributed by atoms with van der Waals surface area (Å²) in [6.45, 7) is 4.30. The van der Waals surface area contributed by atoms with Gasteiger partial charge in [-0.25, -0.2) is 9.97 Å². The van der Waals surface area contributed by atoms with E-state index < -0.39 is 0 Å². The van der Waals surface area contributed by atoms with Crippen LogP contribution in [0.15, 0.2) is 18.1 Å². The zero-order chi connectivity index (χ0) is 7.84. The summed E-state index contributed by atoms with van der Waals surface area (Å²) in [5.41, 5.74) is 3.72. The Hall–Kier alpha value is -1.18. The van der Waals surface area contributed by atoms with Crippen molar-refractivity contribution in [3.8, 4) is 0 Å². The molecule has 2 nitrogen and oxygen atoms in total. The maximum Gasteiger partial charge on any atom is 0.115 e. The van der Waals surface area contributed by atoms with Crippen LogP contribution < -0.4 is 0 Å². The zero-order valence-corrected chi connectivity index (χ0v) is 6.70. The first-order chi connectivity index (χ1) is 5.29. The molecule has 56 valence electrons. The highest BCUT2D eigenvalue weighted by Gasteiger charge is 2.18. The highest BCUT2D eigenvalue weighted by molar-refractivity contribution is 5.62. The van der Waals surface area contributed by atoms with Crippen LogP contribution in [0.2, 0.25) is 0 Å². The number of fused-ring (bicyclic) bond motifs is 1. The lowest BCUT2D eigenvalue weighted by atomic mass is 10.1. The molecule has 1 heterocycles. The molecule has 2 heteroatoms. The van der Waals surface area contributed by atoms with Gasteiger partial charge in [0.25, 0.3) is 0 Å². The van der Waals surface area contributed by atoms with Gasteiger partial charge < -0.3 is 0 Å². The second-order valence-electron chi connectivity index (χ2n) is 2.97. The topological polar surface area (TPSA) is 25.8 Å². The Balaban J connectivity index is 2.58. The molecule has 0 aliphatic heterocycles. The molecule has 0 bridgehead atoms. The molecule has 0 N–H and O–H groups in total. The summed E-state index contributed by atoms with van der Waals surface area (Å²) in [5.74, 6) is 0.480. The van der Waals surface area contributed by atoms with Gasteiger partial charge in [0.1, 0.15) is 6.33 Å². The quantitative estimate of drug-likeness (QED) is 0.559. The molecule has 1 aromatic rings. The first-order valence-corrected chi connectivity index (χ1v) is 3.77. The van der Waals surface area contributed by atoms with E-state index in [1.54, 1.807) is 6.33 Å². The van der Waals surface area contributed by atoms with Gasteiger partial charge in [-0.3, -0.25) is 0 Å². The summed E-state index contributed by atoms with van der Waals surface area (Å²) in [4.78, 5) is 8.20. The average molecular weight is 146 g/mol. The predicted molar refractivity (Wildman–Crippen MR) is 44.1 cm³/mol. The molecule has 0 amide bonds. The molecule has 0 spiro atoms. The lowest BCUT2D eigenvalue weighted by Gasteiger charge is -2.03. The van der Waals surface area contributed by atoms with E-state index in [2.05, 4.69) is 29.9 Å². The lowest BCUT2D eigenvalue weighted by molar-refractivity contribution is 0.863. The Kier molecular flexibility index (Phi) is 1.28. The standard InChI is InChI=1S/C9H10N2/c1-6-3-8-4-10-5-11-9(8)7(6)2/h3-5,7H,1-2H3. The first-order valence-electron chi connectivity index (χ1n) is 3.77. The minimum atomic E-state index is 0.480. The molecular weight excluding hydrogens is 136 g/mol. The van der Waals surface area contributed by atoms with Crippen LogP contribution in [0, 0.1) is 0 Å². The molecule has 0 radical (unpaired) electrons. The van der Waals surface area contributed by atoms with Crippen molar-refractivity contribution in [2.75, 3.05) is 0 Å². The number of aromatic nitrogens is 2. The van der Waals surface area contributed by atoms with Crippen molar-refractivity contribution in [1.82, 2.24) is 9.97 Å². The Morgan fingerprint density at radius 3 is 3.00 bits per heavy atom. The number of allylic oxidation sites excluding steroid dienone is 1. The molecule has 0 saturated heterocycles. The Morgan fingerprint density at radius 2 is 2.27 bits per heavy atom. The summed E-state index contributed by atoms with van der Waals surface area (Å²) < 4.78 is 0. The van der Waals surface area contributed by atoms with Crippen molar-refractivity contribution in [2.24, 2.45) is 0 Å². The zero-order valence-electron chi connectivity index (χ0n) is 6.70. The average Bonchev–Trinajstić information content (AvgIpc) is 2.30. The minimum Gasteiger partial charge on any atom is -0.244 e. The van der Waals surface area contributed by atoms with Gasteiger partial charge in [-0.05, 0) is 6.92 Å². The van der Waals surface area contributed by atoms with E-state index in [1.807, 2.05) is 6.20 Å². The Morgan fingerprint density at radius 1 is 1.45 bits per heavy atom. The van der Waals surface area contributed by atoms with Gasteiger partial charge in [0.15, 0.2) is 0 Å². The number of hydrogen-bond acceptors (Lipinski definition) is 2. The van der Waals surface area contributed by atoms with Crippen LogP contribution in [-0.4, -0.2) is 9.97 Å². The van der Waals surface area contributed by atoms with Crippen LogP contribution in [0.25, 0.3) is 6.08 Å².